The summed E-state index contributed by atoms with van der Waals surface area (Å²) in [4.78, 5) is 26.6. The number of thiazole rings is 1. The summed E-state index contributed by atoms with van der Waals surface area (Å²) in [7, 11) is 0. The number of anilines is 1. The van der Waals surface area contributed by atoms with Crippen molar-refractivity contribution in [3.05, 3.63) is 69.5 Å². The zero-order chi connectivity index (χ0) is 20.1. The van der Waals surface area contributed by atoms with E-state index in [1.807, 2.05) is 31.2 Å². The summed E-state index contributed by atoms with van der Waals surface area (Å²) in [5.41, 5.74) is 0.946. The maximum absolute atomic E-state index is 13.4. The highest BCUT2D eigenvalue weighted by Gasteiger charge is 2.16. The first-order chi connectivity index (χ1) is 13.5. The summed E-state index contributed by atoms with van der Waals surface area (Å²) in [5, 5.41) is 15.8. The third kappa shape index (κ3) is 4.68. The van der Waals surface area contributed by atoms with Gasteiger partial charge in [0.25, 0.3) is 0 Å². The van der Waals surface area contributed by atoms with E-state index in [0.717, 1.165) is 28.5 Å². The quantitative estimate of drug-likeness (QED) is 0.467. The van der Waals surface area contributed by atoms with Crippen LogP contribution in [0.4, 0.5) is 15.8 Å². The van der Waals surface area contributed by atoms with Gasteiger partial charge in [-0.2, -0.15) is 4.39 Å². The molecule has 0 aliphatic heterocycles. The van der Waals surface area contributed by atoms with E-state index in [0.29, 0.717) is 12.3 Å². The fourth-order valence-corrected chi connectivity index (χ4v) is 3.31. The zero-order valence-corrected chi connectivity index (χ0v) is 15.7. The van der Waals surface area contributed by atoms with Gasteiger partial charge in [-0.25, -0.2) is 4.98 Å². The molecule has 0 unspecified atom stereocenters. The van der Waals surface area contributed by atoms with E-state index < -0.39 is 22.3 Å². The molecule has 0 bridgehead atoms. The van der Waals surface area contributed by atoms with E-state index in [9.17, 15) is 19.3 Å². The van der Waals surface area contributed by atoms with Crippen LogP contribution in [0.1, 0.15) is 12.6 Å². The number of carbonyl (C=O) groups is 1. The molecule has 0 saturated heterocycles. The number of nitro groups is 1. The molecule has 0 fully saturated rings. The minimum absolute atomic E-state index is 0.00129. The Labute approximate surface area is 164 Å². The third-order valence-corrected chi connectivity index (χ3v) is 4.67. The maximum Gasteiger partial charge on any atom is 0.306 e. The number of nitrogens with one attached hydrogen (secondary N) is 1. The number of aromatic nitrogens is 1. The fraction of sp³-hybridized carbons (Fsp3) is 0.158. The molecule has 0 aliphatic carbocycles. The predicted molar refractivity (Wildman–Crippen MR) is 104 cm³/mol. The number of nitrogens with zero attached hydrogens (tertiary/aromatic N) is 2. The van der Waals surface area contributed by atoms with Crippen LogP contribution in [0.3, 0.4) is 0 Å². The van der Waals surface area contributed by atoms with Crippen molar-refractivity contribution in [1.82, 2.24) is 4.98 Å². The van der Waals surface area contributed by atoms with Crippen LogP contribution in [-0.4, -0.2) is 22.4 Å². The molecule has 1 heterocycles. The van der Waals surface area contributed by atoms with Gasteiger partial charge < -0.3 is 10.1 Å². The fourth-order valence-electron chi connectivity index (χ4n) is 2.48. The largest absolute Gasteiger partial charge is 0.494 e. The molecule has 0 spiro atoms. The Morgan fingerprint density at radius 2 is 2.04 bits per heavy atom. The minimum atomic E-state index is -0.956. The second-order valence-corrected chi connectivity index (χ2v) is 6.61. The molecule has 3 aromatic rings. The highest BCUT2D eigenvalue weighted by Crippen LogP contribution is 2.26. The Morgan fingerprint density at radius 1 is 1.29 bits per heavy atom. The second kappa shape index (κ2) is 8.57. The van der Waals surface area contributed by atoms with Gasteiger partial charge in [-0.15, -0.1) is 11.3 Å². The third-order valence-electron chi connectivity index (χ3n) is 3.73. The molecule has 0 aliphatic rings. The lowest BCUT2D eigenvalue weighted by atomic mass is 10.2. The summed E-state index contributed by atoms with van der Waals surface area (Å²) in [6.07, 6.45) is -0.00129. The summed E-state index contributed by atoms with van der Waals surface area (Å²) in [6.45, 7) is 2.50. The summed E-state index contributed by atoms with van der Waals surface area (Å²) in [6, 6.07) is 10.7. The Morgan fingerprint density at radius 3 is 2.71 bits per heavy atom. The van der Waals surface area contributed by atoms with E-state index in [2.05, 4.69) is 10.3 Å². The van der Waals surface area contributed by atoms with E-state index in [1.165, 1.54) is 17.4 Å². The van der Waals surface area contributed by atoms with Crippen molar-refractivity contribution in [2.45, 2.75) is 13.3 Å². The van der Waals surface area contributed by atoms with Gasteiger partial charge in [-0.1, -0.05) is 0 Å². The zero-order valence-electron chi connectivity index (χ0n) is 14.8. The molecule has 144 valence electrons. The van der Waals surface area contributed by atoms with Crippen LogP contribution in [0, 0.1) is 15.9 Å². The first-order valence-corrected chi connectivity index (χ1v) is 9.25. The number of hydrogen-bond donors (Lipinski definition) is 1. The number of hydrogen-bond acceptors (Lipinski definition) is 6. The first kappa shape index (κ1) is 19.4. The Bertz CT molecular complexity index is 1000. The van der Waals surface area contributed by atoms with Gasteiger partial charge in [0.2, 0.25) is 11.7 Å². The Balaban J connectivity index is 1.65. The number of rotatable bonds is 7. The van der Waals surface area contributed by atoms with Gasteiger partial charge in [-0.3, -0.25) is 14.9 Å². The normalized spacial score (nSPS) is 10.5. The van der Waals surface area contributed by atoms with Gasteiger partial charge in [0.15, 0.2) is 0 Å². The number of carbonyl (C=O) groups excluding carboxylic acids is 1. The lowest BCUT2D eigenvalue weighted by Gasteiger charge is -2.04. The van der Waals surface area contributed by atoms with Crippen molar-refractivity contribution < 1.29 is 18.8 Å². The van der Waals surface area contributed by atoms with E-state index in [-0.39, 0.29) is 12.1 Å². The number of amides is 1. The van der Waals surface area contributed by atoms with Crippen LogP contribution in [0.2, 0.25) is 0 Å². The van der Waals surface area contributed by atoms with E-state index in [4.69, 9.17) is 4.74 Å². The minimum Gasteiger partial charge on any atom is -0.494 e. The van der Waals surface area contributed by atoms with Gasteiger partial charge >= 0.3 is 5.69 Å². The highest BCUT2D eigenvalue weighted by atomic mass is 32.1. The molecule has 1 aromatic heterocycles. The predicted octanol–water partition coefficient (Wildman–Crippen LogP) is 4.44. The molecular weight excluding hydrogens is 385 g/mol. The first-order valence-electron chi connectivity index (χ1n) is 8.37. The van der Waals surface area contributed by atoms with Gasteiger partial charge in [0, 0.05) is 22.7 Å². The standard InChI is InChI=1S/C19H16FN3O4S/c1-2-27-15-6-3-12(4-7-15)19-22-14(11-28-19)10-18(24)21-13-5-8-16(20)17(9-13)23(25)26/h3-9,11H,2,10H2,1H3,(H,21,24). The summed E-state index contributed by atoms with van der Waals surface area (Å²) < 4.78 is 18.8. The Kier molecular flexibility index (Phi) is 5.95. The molecule has 7 nitrogen and oxygen atoms in total. The molecule has 0 saturated carbocycles. The van der Waals surface area contributed by atoms with Gasteiger partial charge in [0.1, 0.15) is 10.8 Å². The van der Waals surface area contributed by atoms with Crippen molar-refractivity contribution >= 4 is 28.6 Å². The van der Waals surface area contributed by atoms with Crippen LogP contribution >= 0.6 is 11.3 Å². The molecule has 1 N–H and O–H groups in total. The Hall–Kier alpha value is -3.33. The molecule has 9 heteroatoms. The lowest BCUT2D eigenvalue weighted by Crippen LogP contribution is -2.14. The monoisotopic (exact) mass is 401 g/mol. The van der Waals surface area contributed by atoms with Crippen LogP contribution < -0.4 is 10.1 Å². The SMILES string of the molecule is CCOc1ccc(-c2nc(CC(=O)Nc3ccc(F)c([N+](=O)[O-])c3)cs2)cc1. The molecule has 0 radical (unpaired) electrons. The van der Waals surface area contributed by atoms with E-state index >= 15 is 0 Å². The van der Waals surface area contributed by atoms with E-state index in [1.54, 1.807) is 5.38 Å². The summed E-state index contributed by atoms with van der Waals surface area (Å²) in [5.74, 6) is -0.581. The number of benzene rings is 2. The molecule has 1 amide bonds. The number of halogens is 1. The maximum atomic E-state index is 13.4. The van der Waals surface area contributed by atoms with Crippen LogP contribution in [0.25, 0.3) is 10.6 Å². The van der Waals surface area contributed by atoms with Crippen LogP contribution in [-0.2, 0) is 11.2 Å². The number of ether oxygens (including phenoxy) is 1. The molecule has 2 aromatic carbocycles. The average molecular weight is 401 g/mol. The van der Waals surface area contributed by atoms with Crippen molar-refractivity contribution in [2.24, 2.45) is 0 Å². The average Bonchev–Trinajstić information content (AvgIpc) is 3.12. The van der Waals surface area contributed by atoms with Crippen molar-refractivity contribution in [3.63, 3.8) is 0 Å². The lowest BCUT2D eigenvalue weighted by molar-refractivity contribution is -0.387. The highest BCUT2D eigenvalue weighted by molar-refractivity contribution is 7.13. The smallest absolute Gasteiger partial charge is 0.306 e. The molecule has 3 rings (SSSR count). The topological polar surface area (TPSA) is 94.4 Å². The van der Waals surface area contributed by atoms with Crippen molar-refractivity contribution in [3.8, 4) is 16.3 Å². The summed E-state index contributed by atoms with van der Waals surface area (Å²) >= 11 is 1.41. The number of nitro benzene ring substituents is 1. The molecule has 28 heavy (non-hydrogen) atoms. The van der Waals surface area contributed by atoms with Crippen molar-refractivity contribution in [1.29, 1.82) is 0 Å². The molecule has 0 atom stereocenters. The second-order valence-electron chi connectivity index (χ2n) is 5.75. The van der Waals surface area contributed by atoms with Gasteiger partial charge in [-0.05, 0) is 43.3 Å². The van der Waals surface area contributed by atoms with Gasteiger partial charge in [0.05, 0.1) is 23.6 Å². The van der Waals surface area contributed by atoms with Crippen molar-refractivity contribution in [2.75, 3.05) is 11.9 Å². The van der Waals surface area contributed by atoms with Crippen LogP contribution in [0.15, 0.2) is 47.8 Å². The van der Waals surface area contributed by atoms with Crippen LogP contribution in [0.5, 0.6) is 5.75 Å². The molecular formula is C19H16FN3O4S.